The van der Waals surface area contributed by atoms with Crippen molar-refractivity contribution in [3.63, 3.8) is 0 Å². The number of hydrogen-bond donors (Lipinski definition) is 3. The van der Waals surface area contributed by atoms with Gasteiger partial charge in [0.2, 0.25) is 5.91 Å². The number of pyridine rings is 1. The summed E-state index contributed by atoms with van der Waals surface area (Å²) < 4.78 is 7.57. The predicted molar refractivity (Wildman–Crippen MR) is 162 cm³/mol. The summed E-state index contributed by atoms with van der Waals surface area (Å²) in [6, 6.07) is 18.0. The van der Waals surface area contributed by atoms with Crippen LogP contribution in [0.5, 0.6) is 5.75 Å². The number of carboxylic acids is 1. The zero-order chi connectivity index (χ0) is 29.4. The fraction of sp³-hybridized carbons (Fsp3) is 0.226. The Bertz CT molecular complexity index is 1670. The SMILES string of the molecule is COc1ccc(N2C(=S)N[C@@H](c3ccccn3)[C@@H]2c2cc(C)n(-c3cc(C(=O)O)ccc3C)c2C)cc1NC(C)=O. The van der Waals surface area contributed by atoms with Crippen LogP contribution in [0.3, 0.4) is 0 Å². The second-order valence-electron chi connectivity index (χ2n) is 10.0. The van der Waals surface area contributed by atoms with E-state index >= 15 is 0 Å². The van der Waals surface area contributed by atoms with E-state index in [1.807, 2.05) is 62.1 Å². The smallest absolute Gasteiger partial charge is 0.335 e. The number of carboxylic acid groups (broad SMARTS) is 1. The number of rotatable bonds is 7. The van der Waals surface area contributed by atoms with Crippen LogP contribution in [0, 0.1) is 20.8 Å². The van der Waals surface area contributed by atoms with Gasteiger partial charge in [0.25, 0.3) is 0 Å². The molecular formula is C31H31N5O4S. The van der Waals surface area contributed by atoms with Gasteiger partial charge < -0.3 is 29.9 Å². The Labute approximate surface area is 243 Å². The molecule has 41 heavy (non-hydrogen) atoms. The van der Waals surface area contributed by atoms with Crippen LogP contribution in [-0.4, -0.2) is 38.8 Å². The number of nitrogens with one attached hydrogen (secondary N) is 2. The molecule has 1 amide bonds. The molecule has 2 atom stereocenters. The monoisotopic (exact) mass is 569 g/mol. The molecular weight excluding hydrogens is 538 g/mol. The average Bonchev–Trinajstić information content (AvgIpc) is 3.43. The molecule has 2 aromatic carbocycles. The normalized spacial score (nSPS) is 16.4. The van der Waals surface area contributed by atoms with Crippen molar-refractivity contribution >= 4 is 40.6 Å². The number of hydrogen-bond acceptors (Lipinski definition) is 5. The number of benzene rings is 2. The van der Waals surface area contributed by atoms with Crippen molar-refractivity contribution < 1.29 is 19.4 Å². The van der Waals surface area contributed by atoms with E-state index in [1.165, 1.54) is 6.92 Å². The van der Waals surface area contributed by atoms with Gasteiger partial charge in [0.1, 0.15) is 5.75 Å². The van der Waals surface area contributed by atoms with Crippen LogP contribution in [0.4, 0.5) is 11.4 Å². The highest BCUT2D eigenvalue weighted by molar-refractivity contribution is 7.80. The van der Waals surface area contributed by atoms with E-state index in [0.717, 1.165) is 39.6 Å². The largest absolute Gasteiger partial charge is 0.495 e. The number of nitrogens with zero attached hydrogens (tertiary/aromatic N) is 3. The van der Waals surface area contributed by atoms with Gasteiger partial charge in [0.05, 0.1) is 36.1 Å². The summed E-state index contributed by atoms with van der Waals surface area (Å²) >= 11 is 5.91. The molecule has 0 radical (unpaired) electrons. The summed E-state index contributed by atoms with van der Waals surface area (Å²) in [5, 5.41) is 16.5. The summed E-state index contributed by atoms with van der Waals surface area (Å²) in [4.78, 5) is 30.4. The van der Waals surface area contributed by atoms with Gasteiger partial charge in [-0.1, -0.05) is 12.1 Å². The molecule has 3 N–H and O–H groups in total. The number of aromatic nitrogens is 2. The van der Waals surface area contributed by atoms with Gasteiger partial charge in [0, 0.05) is 35.9 Å². The molecule has 0 bridgehead atoms. The molecule has 1 aliphatic rings. The quantitative estimate of drug-likeness (QED) is 0.246. The number of ether oxygens (including phenoxy) is 1. The van der Waals surface area contributed by atoms with E-state index in [1.54, 1.807) is 31.5 Å². The molecule has 5 rings (SSSR count). The van der Waals surface area contributed by atoms with E-state index in [4.69, 9.17) is 17.0 Å². The Morgan fingerprint density at radius 1 is 1.07 bits per heavy atom. The van der Waals surface area contributed by atoms with Crippen molar-refractivity contribution in [3.8, 4) is 11.4 Å². The lowest BCUT2D eigenvalue weighted by atomic mass is 9.96. The Morgan fingerprint density at radius 2 is 1.85 bits per heavy atom. The fourth-order valence-corrected chi connectivity index (χ4v) is 5.87. The zero-order valence-corrected chi connectivity index (χ0v) is 24.2. The highest BCUT2D eigenvalue weighted by Gasteiger charge is 2.42. The van der Waals surface area contributed by atoms with Gasteiger partial charge in [0.15, 0.2) is 5.11 Å². The summed E-state index contributed by atoms with van der Waals surface area (Å²) in [6.45, 7) is 7.45. The summed E-state index contributed by atoms with van der Waals surface area (Å²) in [7, 11) is 1.55. The van der Waals surface area contributed by atoms with Gasteiger partial charge in [-0.05, 0) is 92.6 Å². The maximum Gasteiger partial charge on any atom is 0.335 e. The Kier molecular flexibility index (Phi) is 7.51. The lowest BCUT2D eigenvalue weighted by Gasteiger charge is -2.29. The van der Waals surface area contributed by atoms with Gasteiger partial charge in [-0.25, -0.2) is 4.79 Å². The molecule has 210 valence electrons. The van der Waals surface area contributed by atoms with E-state index in [0.29, 0.717) is 16.5 Å². The van der Waals surface area contributed by atoms with Crippen LogP contribution in [0.1, 0.15) is 57.6 Å². The lowest BCUT2D eigenvalue weighted by Crippen LogP contribution is -2.29. The van der Waals surface area contributed by atoms with E-state index in [-0.39, 0.29) is 23.6 Å². The molecule has 1 saturated heterocycles. The van der Waals surface area contributed by atoms with Crippen molar-refractivity contribution in [2.45, 2.75) is 39.8 Å². The molecule has 0 unspecified atom stereocenters. The van der Waals surface area contributed by atoms with Crippen molar-refractivity contribution in [2.24, 2.45) is 0 Å². The highest BCUT2D eigenvalue weighted by atomic mass is 32.1. The second-order valence-corrected chi connectivity index (χ2v) is 10.4. The number of anilines is 2. The van der Waals surface area contributed by atoms with Crippen molar-refractivity contribution in [1.82, 2.24) is 14.9 Å². The molecule has 1 aliphatic heterocycles. The van der Waals surface area contributed by atoms with Gasteiger partial charge in [-0.15, -0.1) is 0 Å². The van der Waals surface area contributed by atoms with Crippen molar-refractivity contribution in [2.75, 3.05) is 17.3 Å². The minimum absolute atomic E-state index is 0.215. The first-order chi connectivity index (χ1) is 19.6. The number of carbonyl (C=O) groups is 2. The fourth-order valence-electron chi connectivity index (χ4n) is 5.52. The maximum atomic E-state index is 11.9. The number of aromatic carboxylic acids is 1. The zero-order valence-electron chi connectivity index (χ0n) is 23.4. The van der Waals surface area contributed by atoms with Crippen molar-refractivity contribution in [3.05, 3.63) is 101 Å². The average molecular weight is 570 g/mol. The van der Waals surface area contributed by atoms with Gasteiger partial charge in [-0.3, -0.25) is 9.78 Å². The van der Waals surface area contributed by atoms with Crippen LogP contribution in [0.15, 0.2) is 66.9 Å². The third-order valence-electron chi connectivity index (χ3n) is 7.36. The molecule has 10 heteroatoms. The number of aryl methyl sites for hydroxylation is 2. The van der Waals surface area contributed by atoms with E-state index < -0.39 is 5.97 Å². The van der Waals surface area contributed by atoms with Crippen LogP contribution in [-0.2, 0) is 4.79 Å². The van der Waals surface area contributed by atoms with Crippen LogP contribution >= 0.6 is 12.2 Å². The predicted octanol–water partition coefficient (Wildman–Crippen LogP) is 5.64. The third kappa shape index (κ3) is 5.14. The molecule has 4 aromatic rings. The van der Waals surface area contributed by atoms with Crippen molar-refractivity contribution in [1.29, 1.82) is 0 Å². The molecule has 0 aliphatic carbocycles. The topological polar surface area (TPSA) is 109 Å². The minimum atomic E-state index is -0.977. The molecule has 0 saturated carbocycles. The summed E-state index contributed by atoms with van der Waals surface area (Å²) in [6.07, 6.45) is 1.76. The molecule has 3 heterocycles. The van der Waals surface area contributed by atoms with Crippen LogP contribution in [0.2, 0.25) is 0 Å². The Morgan fingerprint density at radius 3 is 2.51 bits per heavy atom. The number of carbonyl (C=O) groups excluding carboxylic acids is 1. The van der Waals surface area contributed by atoms with Crippen LogP contribution < -0.4 is 20.3 Å². The lowest BCUT2D eigenvalue weighted by molar-refractivity contribution is -0.114. The first-order valence-corrected chi connectivity index (χ1v) is 13.5. The number of methoxy groups -OCH3 is 1. The summed E-state index contributed by atoms with van der Waals surface area (Å²) in [5.41, 5.74) is 7.01. The molecule has 2 aromatic heterocycles. The standard InChI is InChI=1S/C31H31N5O4S/c1-17-9-10-21(30(38)39)15-26(17)35-18(2)14-23(19(35)3)29-28(24-8-6-7-13-32-24)34-31(41)36(29)22-11-12-27(40-5)25(16-22)33-20(4)37/h6-16,28-29H,1-5H3,(H,33,37)(H,34,41)(H,38,39)/t28-,29-/m0/s1. The van der Waals surface area contributed by atoms with Gasteiger partial charge in [-0.2, -0.15) is 0 Å². The first-order valence-electron chi connectivity index (χ1n) is 13.1. The maximum absolute atomic E-state index is 11.9. The van der Waals surface area contributed by atoms with Gasteiger partial charge >= 0.3 is 5.97 Å². The number of amides is 1. The Hall–Kier alpha value is -4.70. The Balaban J connectivity index is 1.70. The summed E-state index contributed by atoms with van der Waals surface area (Å²) in [5.74, 6) is -0.657. The second kappa shape index (κ2) is 11.1. The molecule has 0 spiro atoms. The van der Waals surface area contributed by atoms with E-state index in [2.05, 4.69) is 26.3 Å². The first kappa shape index (κ1) is 27.9. The molecule has 9 nitrogen and oxygen atoms in total. The van der Waals surface area contributed by atoms with E-state index in [9.17, 15) is 14.7 Å². The minimum Gasteiger partial charge on any atom is -0.495 e. The van der Waals surface area contributed by atoms with Crippen LogP contribution in [0.25, 0.3) is 5.69 Å². The molecule has 1 fully saturated rings. The number of thiocarbonyl (C=S) groups is 1. The highest BCUT2D eigenvalue weighted by Crippen LogP contribution is 2.45. The third-order valence-corrected chi connectivity index (χ3v) is 7.67.